The van der Waals surface area contributed by atoms with E-state index in [1.165, 1.54) is 33.6 Å². The Morgan fingerprint density at radius 2 is 1.13 bits per heavy atom. The number of benzene rings is 1. The highest BCUT2D eigenvalue weighted by Crippen LogP contribution is 2.29. The van der Waals surface area contributed by atoms with Crippen LogP contribution in [-0.2, 0) is 54.3 Å². The Hall–Kier alpha value is -5.02. The molecule has 4 heterocycles. The summed E-state index contributed by atoms with van der Waals surface area (Å²) in [7, 11) is 1.49. The molecule has 1 aromatic carbocycles. The van der Waals surface area contributed by atoms with Crippen molar-refractivity contribution >= 4 is 47.4 Å². The van der Waals surface area contributed by atoms with Crippen molar-refractivity contribution in [1.82, 2.24) is 30.2 Å². The molecule has 0 radical (unpaired) electrons. The molecule has 0 aromatic heterocycles. The fraction of sp³-hybridized carbons (Fsp3) is 0.702. The maximum Gasteiger partial charge on any atom is 0.329 e. The van der Waals surface area contributed by atoms with Crippen LogP contribution in [0, 0.1) is 29.6 Å². The monoisotopic (exact) mass is 879 g/mol. The van der Waals surface area contributed by atoms with Crippen LogP contribution in [0.25, 0.3) is 0 Å². The lowest BCUT2D eigenvalue weighted by molar-refractivity contribution is -0.172. The molecular formula is C47H70N6O10. The Kier molecular flexibility index (Phi) is 16.4. The van der Waals surface area contributed by atoms with Gasteiger partial charge in [0.25, 0.3) is 11.8 Å². The molecule has 4 aliphatic heterocycles. The van der Waals surface area contributed by atoms with Gasteiger partial charge in [-0.2, -0.15) is 0 Å². The number of nitrogens with one attached hydrogen (secondary N) is 2. The topological polar surface area (TPSA) is 192 Å². The molecule has 16 heteroatoms. The van der Waals surface area contributed by atoms with Crippen molar-refractivity contribution in [2.75, 3.05) is 26.7 Å². The third-order valence-corrected chi connectivity index (χ3v) is 13.3. The quantitative estimate of drug-likeness (QED) is 0.402. The summed E-state index contributed by atoms with van der Waals surface area (Å²) in [6.07, 6.45) is 0.372. The zero-order chi connectivity index (χ0) is 46.4. The van der Waals surface area contributed by atoms with Gasteiger partial charge < -0.3 is 39.7 Å². The number of cyclic esters (lactones) is 2. The van der Waals surface area contributed by atoms with Crippen molar-refractivity contribution in [3.8, 4) is 0 Å². The molecule has 63 heavy (non-hydrogen) atoms. The lowest BCUT2D eigenvalue weighted by Crippen LogP contribution is -2.61. The maximum absolute atomic E-state index is 14.8. The molecule has 4 fully saturated rings. The van der Waals surface area contributed by atoms with Gasteiger partial charge in [-0.1, -0.05) is 78.8 Å². The predicted octanol–water partition coefficient (Wildman–Crippen LogP) is 3.10. The molecule has 0 bridgehead atoms. The molecular weight excluding hydrogens is 809 g/mol. The Morgan fingerprint density at radius 3 is 1.67 bits per heavy atom. The minimum Gasteiger partial charge on any atom is -0.452 e. The normalized spacial score (nSPS) is 30.7. The van der Waals surface area contributed by atoms with Crippen LogP contribution in [0.15, 0.2) is 30.3 Å². The number of fused-ring (bicyclic) bond motifs is 3. The minimum atomic E-state index is -1.30. The molecule has 6 amide bonds. The second kappa shape index (κ2) is 21.1. The van der Waals surface area contributed by atoms with E-state index in [0.717, 1.165) is 5.56 Å². The summed E-state index contributed by atoms with van der Waals surface area (Å²) >= 11 is 0. The van der Waals surface area contributed by atoms with E-state index >= 15 is 0 Å². The van der Waals surface area contributed by atoms with Crippen LogP contribution >= 0.6 is 0 Å². The van der Waals surface area contributed by atoms with E-state index in [4.69, 9.17) is 9.47 Å². The molecule has 5 unspecified atom stereocenters. The first kappa shape index (κ1) is 49.0. The van der Waals surface area contributed by atoms with E-state index in [1.54, 1.807) is 34.6 Å². The van der Waals surface area contributed by atoms with Gasteiger partial charge in [0, 0.05) is 32.7 Å². The van der Waals surface area contributed by atoms with Crippen LogP contribution in [-0.4, -0.2) is 142 Å². The number of carbonyl (C=O) groups excluding carboxylic acids is 8. The van der Waals surface area contributed by atoms with Gasteiger partial charge in [0.05, 0.1) is 5.92 Å². The van der Waals surface area contributed by atoms with E-state index in [-0.39, 0.29) is 32.0 Å². The molecule has 5 rings (SSSR count). The zero-order valence-electron chi connectivity index (χ0n) is 38.8. The molecule has 0 aliphatic carbocycles. The Balaban J connectivity index is 1.54. The highest BCUT2D eigenvalue weighted by atomic mass is 16.6. The zero-order valence-corrected chi connectivity index (χ0v) is 38.8. The van der Waals surface area contributed by atoms with Gasteiger partial charge in [-0.3, -0.25) is 33.6 Å². The summed E-state index contributed by atoms with van der Waals surface area (Å²) < 4.78 is 11.6. The first-order valence-electron chi connectivity index (χ1n) is 23.0. The predicted molar refractivity (Wildman–Crippen MR) is 233 cm³/mol. The van der Waals surface area contributed by atoms with Crippen LogP contribution in [0.5, 0.6) is 0 Å². The SMILES string of the molecule is CC(C)C1OC(=O)[C@@H]2CCCN2C(=O)[C@H](C)OC(=O)C(C)C(C(C)C)NC(=O)[C@@H]2CCCN2C(=O)C(C(C)Cc2ccccc2)NC(=O)[C@@H]2CCCN2C(=O)[C@@H](C(C)C)N(C)C1=O. The maximum atomic E-state index is 14.8. The third-order valence-electron chi connectivity index (χ3n) is 13.3. The summed E-state index contributed by atoms with van der Waals surface area (Å²) in [6.45, 7) is 16.4. The van der Waals surface area contributed by atoms with Gasteiger partial charge in [-0.25, -0.2) is 4.79 Å². The van der Waals surface area contributed by atoms with Crippen LogP contribution in [0.3, 0.4) is 0 Å². The van der Waals surface area contributed by atoms with E-state index in [0.29, 0.717) is 38.5 Å². The summed E-state index contributed by atoms with van der Waals surface area (Å²) in [5.41, 5.74) is 0.954. The van der Waals surface area contributed by atoms with Crippen molar-refractivity contribution < 1.29 is 47.8 Å². The Labute approximate surface area is 372 Å². The standard InChI is InChI=1S/C47H70N6O10/c1-26(2)36-30(8)46(60)62-31(9)42(56)53-24-16-21-35(53)47(61)63-39(28(5)6)45(59)50(10)38(27(3)4)44(58)52-23-15-20-34(52)41(55)49-37(29(7)25-32-17-12-11-13-18-32)43(57)51-22-14-19-33(51)40(54)48-36/h11-13,17-18,26-31,33-39H,14-16,19-25H2,1-10H3,(H,48,54)(H,49,55)/t29?,30?,31-,33-,34-,35-,36?,37?,38+,39?/m0/s1. The number of esters is 2. The van der Waals surface area contributed by atoms with Gasteiger partial charge in [0.15, 0.2) is 12.2 Å². The number of amides is 6. The first-order chi connectivity index (χ1) is 29.7. The number of rotatable bonds is 6. The molecule has 348 valence electrons. The lowest BCUT2D eigenvalue weighted by Gasteiger charge is -2.38. The molecule has 1 aromatic rings. The highest BCUT2D eigenvalue weighted by molar-refractivity contribution is 5.97. The van der Waals surface area contributed by atoms with E-state index in [9.17, 15) is 38.4 Å². The van der Waals surface area contributed by atoms with Crippen LogP contribution < -0.4 is 10.6 Å². The fourth-order valence-corrected chi connectivity index (χ4v) is 9.78. The molecule has 4 aliphatic rings. The minimum absolute atomic E-state index is 0.206. The van der Waals surface area contributed by atoms with Gasteiger partial charge in [-0.15, -0.1) is 0 Å². The van der Waals surface area contributed by atoms with Crippen LogP contribution in [0.4, 0.5) is 0 Å². The van der Waals surface area contributed by atoms with Crippen LogP contribution in [0.2, 0.25) is 0 Å². The van der Waals surface area contributed by atoms with Gasteiger partial charge in [-0.05, 0) is 88.0 Å². The van der Waals surface area contributed by atoms with E-state index < -0.39 is 120 Å². The average molecular weight is 879 g/mol. The van der Waals surface area contributed by atoms with Gasteiger partial charge in [0.2, 0.25) is 23.6 Å². The summed E-state index contributed by atoms with van der Waals surface area (Å²) in [5.74, 6) is -7.03. The van der Waals surface area contributed by atoms with Crippen LogP contribution in [0.1, 0.15) is 106 Å². The summed E-state index contributed by atoms with van der Waals surface area (Å²) in [4.78, 5) is 120. The molecule has 2 N–H and O–H groups in total. The number of likely N-dealkylation sites (N-methyl/N-ethyl adjacent to an activating group) is 1. The second-order valence-corrected chi connectivity index (χ2v) is 19.1. The molecule has 16 nitrogen and oxygen atoms in total. The number of nitrogens with zero attached hydrogens (tertiary/aromatic N) is 4. The number of ether oxygens (including phenoxy) is 2. The lowest BCUT2D eigenvalue weighted by atomic mass is 9.91. The van der Waals surface area contributed by atoms with Crippen molar-refractivity contribution in [2.45, 2.75) is 156 Å². The number of hydrogen-bond donors (Lipinski definition) is 2. The Morgan fingerprint density at radius 1 is 0.603 bits per heavy atom. The number of hydrogen-bond acceptors (Lipinski definition) is 10. The second-order valence-electron chi connectivity index (χ2n) is 19.1. The molecule has 0 saturated carbocycles. The fourth-order valence-electron chi connectivity index (χ4n) is 9.78. The van der Waals surface area contributed by atoms with Gasteiger partial charge >= 0.3 is 11.9 Å². The summed E-state index contributed by atoms with van der Waals surface area (Å²) in [6, 6.07) is 3.91. The highest BCUT2D eigenvalue weighted by Gasteiger charge is 2.47. The smallest absolute Gasteiger partial charge is 0.329 e. The van der Waals surface area contributed by atoms with Crippen molar-refractivity contribution in [3.63, 3.8) is 0 Å². The third kappa shape index (κ3) is 11.0. The molecule has 4 saturated heterocycles. The summed E-state index contributed by atoms with van der Waals surface area (Å²) in [5, 5.41) is 6.05. The van der Waals surface area contributed by atoms with E-state index in [2.05, 4.69) is 10.6 Å². The van der Waals surface area contributed by atoms with Crippen molar-refractivity contribution in [3.05, 3.63) is 35.9 Å². The first-order valence-corrected chi connectivity index (χ1v) is 23.0. The van der Waals surface area contributed by atoms with Crippen molar-refractivity contribution in [1.29, 1.82) is 0 Å². The van der Waals surface area contributed by atoms with Gasteiger partial charge in [0.1, 0.15) is 30.2 Å². The van der Waals surface area contributed by atoms with E-state index in [1.807, 2.05) is 51.1 Å². The Bertz CT molecular complexity index is 1860. The largest absolute Gasteiger partial charge is 0.452 e. The molecule has 0 spiro atoms. The number of carbonyl (C=O) groups is 8. The average Bonchev–Trinajstić information content (AvgIpc) is 4.04. The molecule has 10 atom stereocenters. The van der Waals surface area contributed by atoms with Crippen molar-refractivity contribution in [2.24, 2.45) is 29.6 Å².